The van der Waals surface area contributed by atoms with E-state index in [1.54, 1.807) is 42.6 Å². The smallest absolute Gasteiger partial charge is 0.316 e. The monoisotopic (exact) mass is 515 g/mol. The van der Waals surface area contributed by atoms with Crippen LogP contribution in [0.3, 0.4) is 0 Å². The molecule has 2 aliphatic rings. The van der Waals surface area contributed by atoms with Gasteiger partial charge in [0.25, 0.3) is 10.0 Å². The number of aromatic nitrogens is 3. The van der Waals surface area contributed by atoms with Crippen LogP contribution in [0.5, 0.6) is 5.75 Å². The molecule has 35 heavy (non-hydrogen) atoms. The summed E-state index contributed by atoms with van der Waals surface area (Å²) in [6.07, 6.45) is 6.99. The van der Waals surface area contributed by atoms with Crippen LogP contribution >= 0.6 is 11.6 Å². The molecular weight excluding hydrogens is 490 g/mol. The third-order valence-electron chi connectivity index (χ3n) is 6.38. The van der Waals surface area contributed by atoms with Crippen LogP contribution in [0, 0.1) is 0 Å². The zero-order valence-corrected chi connectivity index (χ0v) is 20.7. The second-order valence-corrected chi connectivity index (χ2v) is 11.0. The summed E-state index contributed by atoms with van der Waals surface area (Å²) in [7, 11) is -3.68. The number of hydrogen-bond acceptors (Lipinski definition) is 7. The highest BCUT2D eigenvalue weighted by Crippen LogP contribution is 2.31. The number of halogens is 1. The van der Waals surface area contributed by atoms with Crippen LogP contribution < -0.4 is 15.2 Å². The Morgan fingerprint density at radius 2 is 1.77 bits per heavy atom. The molecule has 1 aliphatic carbocycles. The van der Waals surface area contributed by atoms with E-state index >= 15 is 0 Å². The molecular formula is C24H26ClN5O4S. The summed E-state index contributed by atoms with van der Waals surface area (Å²) in [6, 6.07) is 11.8. The Balaban J connectivity index is 1.43. The van der Waals surface area contributed by atoms with Crippen LogP contribution in [-0.2, 0) is 10.0 Å². The minimum atomic E-state index is -3.68. The second-order valence-electron chi connectivity index (χ2n) is 8.64. The van der Waals surface area contributed by atoms with E-state index < -0.39 is 10.0 Å². The van der Waals surface area contributed by atoms with Crippen molar-refractivity contribution in [3.05, 3.63) is 70.2 Å². The van der Waals surface area contributed by atoms with E-state index in [2.05, 4.69) is 10.1 Å². The van der Waals surface area contributed by atoms with Gasteiger partial charge in [-0.15, -0.1) is 0 Å². The van der Waals surface area contributed by atoms with Crippen molar-refractivity contribution in [1.29, 1.82) is 0 Å². The molecule has 0 unspecified atom stereocenters. The number of nitrogens with zero attached hydrogens (tertiary/aromatic N) is 5. The number of piperazine rings is 1. The Morgan fingerprint density at radius 3 is 2.46 bits per heavy atom. The zero-order valence-electron chi connectivity index (χ0n) is 19.1. The molecule has 0 atom stereocenters. The van der Waals surface area contributed by atoms with Crippen molar-refractivity contribution in [3.63, 3.8) is 0 Å². The van der Waals surface area contributed by atoms with E-state index in [0.717, 1.165) is 25.7 Å². The first-order valence-electron chi connectivity index (χ1n) is 11.6. The molecule has 184 valence electrons. The molecule has 0 bridgehead atoms. The Kier molecular flexibility index (Phi) is 6.77. The standard InChI is InChI=1S/C24H26ClN5O4S/c25-18-6-5-7-19(16-18)30-24(31)23(34-20-8-1-2-9-20)21(17-27-30)28-12-14-29(15-13-28)35(32,33)22-10-3-4-11-26-22/h3-7,10-11,16-17,20H,1-2,8-9,12-15H2. The molecule has 5 rings (SSSR count). The van der Waals surface area contributed by atoms with Crippen LogP contribution in [0.25, 0.3) is 5.69 Å². The van der Waals surface area contributed by atoms with Gasteiger partial charge in [-0.1, -0.05) is 23.7 Å². The lowest BCUT2D eigenvalue weighted by Gasteiger charge is -2.35. The van der Waals surface area contributed by atoms with Crippen LogP contribution in [0.4, 0.5) is 5.69 Å². The maximum Gasteiger partial charge on any atom is 0.316 e. The number of benzene rings is 1. The fraction of sp³-hybridized carbons (Fsp3) is 0.375. The summed E-state index contributed by atoms with van der Waals surface area (Å²) in [4.78, 5) is 19.5. The molecule has 0 N–H and O–H groups in total. The molecule has 0 radical (unpaired) electrons. The van der Waals surface area contributed by atoms with Gasteiger partial charge in [-0.2, -0.15) is 14.1 Å². The Bertz CT molecular complexity index is 1350. The van der Waals surface area contributed by atoms with Crippen molar-refractivity contribution >= 4 is 27.3 Å². The van der Waals surface area contributed by atoms with E-state index in [-0.39, 0.29) is 35.5 Å². The molecule has 1 aliphatic heterocycles. The highest BCUT2D eigenvalue weighted by molar-refractivity contribution is 7.89. The van der Waals surface area contributed by atoms with E-state index in [1.807, 2.05) is 4.90 Å². The van der Waals surface area contributed by atoms with Gasteiger partial charge in [-0.25, -0.2) is 13.4 Å². The topological polar surface area (TPSA) is 97.6 Å². The van der Waals surface area contributed by atoms with E-state index in [0.29, 0.717) is 29.5 Å². The Morgan fingerprint density at radius 1 is 1.00 bits per heavy atom. The summed E-state index contributed by atoms with van der Waals surface area (Å²) < 4.78 is 34.9. The van der Waals surface area contributed by atoms with E-state index in [9.17, 15) is 13.2 Å². The average Bonchev–Trinajstić information content (AvgIpc) is 3.39. The van der Waals surface area contributed by atoms with Gasteiger partial charge in [0.1, 0.15) is 5.69 Å². The quantitative estimate of drug-likeness (QED) is 0.497. The van der Waals surface area contributed by atoms with Crippen molar-refractivity contribution in [2.45, 2.75) is 36.8 Å². The van der Waals surface area contributed by atoms with Crippen molar-refractivity contribution in [2.24, 2.45) is 0 Å². The third-order valence-corrected chi connectivity index (χ3v) is 8.43. The molecule has 0 spiro atoms. The predicted molar refractivity (Wildman–Crippen MR) is 133 cm³/mol. The molecule has 3 heterocycles. The molecule has 1 aromatic carbocycles. The van der Waals surface area contributed by atoms with Crippen LogP contribution in [-0.4, -0.2) is 59.8 Å². The minimum Gasteiger partial charge on any atom is -0.483 e. The summed E-state index contributed by atoms with van der Waals surface area (Å²) in [5.74, 6) is 0.243. The maximum absolute atomic E-state index is 13.5. The predicted octanol–water partition coefficient (Wildman–Crippen LogP) is 3.11. The van der Waals surface area contributed by atoms with Crippen LogP contribution in [0.2, 0.25) is 5.02 Å². The summed E-state index contributed by atoms with van der Waals surface area (Å²) >= 11 is 6.13. The molecule has 3 aromatic rings. The van der Waals surface area contributed by atoms with Gasteiger partial charge >= 0.3 is 5.56 Å². The van der Waals surface area contributed by atoms with Gasteiger partial charge in [0.15, 0.2) is 5.03 Å². The van der Waals surface area contributed by atoms with Crippen molar-refractivity contribution in [3.8, 4) is 11.4 Å². The van der Waals surface area contributed by atoms with Gasteiger partial charge in [-0.3, -0.25) is 4.79 Å². The van der Waals surface area contributed by atoms with Gasteiger partial charge < -0.3 is 9.64 Å². The fourth-order valence-electron chi connectivity index (χ4n) is 4.53. The molecule has 0 amide bonds. The third kappa shape index (κ3) is 4.91. The van der Waals surface area contributed by atoms with Gasteiger partial charge in [-0.05, 0) is 56.0 Å². The molecule has 11 heteroatoms. The highest BCUT2D eigenvalue weighted by atomic mass is 35.5. The number of pyridine rings is 1. The first-order valence-corrected chi connectivity index (χ1v) is 13.5. The van der Waals surface area contributed by atoms with Crippen LogP contribution in [0.15, 0.2) is 64.7 Å². The van der Waals surface area contributed by atoms with Crippen molar-refractivity contribution in [2.75, 3.05) is 31.1 Å². The number of ether oxygens (including phenoxy) is 1. The molecule has 2 fully saturated rings. The summed E-state index contributed by atoms with van der Waals surface area (Å²) in [5, 5.41) is 4.93. The first kappa shape index (κ1) is 23.8. The Labute approximate surface area is 209 Å². The molecule has 1 saturated carbocycles. The van der Waals surface area contributed by atoms with Gasteiger partial charge in [0.2, 0.25) is 5.75 Å². The SMILES string of the molecule is O=c1c(OC2CCCC2)c(N2CCN(S(=O)(=O)c3ccccn3)CC2)cnn1-c1cccc(Cl)c1. The van der Waals surface area contributed by atoms with Gasteiger partial charge in [0.05, 0.1) is 18.0 Å². The summed E-state index contributed by atoms with van der Waals surface area (Å²) in [6.45, 7) is 1.32. The minimum absolute atomic E-state index is 0.0255. The van der Waals surface area contributed by atoms with Crippen molar-refractivity contribution < 1.29 is 13.2 Å². The van der Waals surface area contributed by atoms with Crippen LogP contribution in [0.1, 0.15) is 25.7 Å². The van der Waals surface area contributed by atoms with Crippen molar-refractivity contribution in [1.82, 2.24) is 19.1 Å². The number of rotatable bonds is 6. The molecule has 9 nitrogen and oxygen atoms in total. The number of sulfonamides is 1. The largest absolute Gasteiger partial charge is 0.483 e. The lowest BCUT2D eigenvalue weighted by molar-refractivity contribution is 0.205. The lowest BCUT2D eigenvalue weighted by Crippen LogP contribution is -2.49. The second kappa shape index (κ2) is 9.96. The average molecular weight is 516 g/mol. The highest BCUT2D eigenvalue weighted by Gasteiger charge is 2.32. The Hall–Kier alpha value is -2.95. The molecule has 2 aromatic heterocycles. The molecule has 1 saturated heterocycles. The first-order chi connectivity index (χ1) is 16.9. The van der Waals surface area contributed by atoms with Gasteiger partial charge in [0, 0.05) is 37.4 Å². The van der Waals surface area contributed by atoms with E-state index in [4.69, 9.17) is 16.3 Å². The maximum atomic E-state index is 13.5. The zero-order chi connectivity index (χ0) is 24.4. The number of hydrogen-bond donors (Lipinski definition) is 0. The van der Waals surface area contributed by atoms with E-state index in [1.165, 1.54) is 21.3 Å². The summed E-state index contributed by atoms with van der Waals surface area (Å²) in [5.41, 5.74) is 0.770. The normalized spacial score (nSPS) is 17.6. The lowest BCUT2D eigenvalue weighted by atomic mass is 10.2. The number of anilines is 1. The fourth-order valence-corrected chi connectivity index (χ4v) is 6.07.